The first-order valence-electron chi connectivity index (χ1n) is 4.80. The van der Waals surface area contributed by atoms with Crippen LogP contribution in [0, 0.1) is 5.41 Å². The van der Waals surface area contributed by atoms with E-state index in [-0.39, 0.29) is 12.4 Å². The molecule has 0 saturated heterocycles. The van der Waals surface area contributed by atoms with Crippen LogP contribution in [0.15, 0.2) is 18.2 Å². The molecule has 1 aromatic rings. The van der Waals surface area contributed by atoms with Crippen LogP contribution in [0.3, 0.4) is 0 Å². The van der Waals surface area contributed by atoms with Crippen LogP contribution >= 0.6 is 11.6 Å². The van der Waals surface area contributed by atoms with E-state index in [4.69, 9.17) is 16.7 Å². The lowest BCUT2D eigenvalue weighted by Crippen LogP contribution is -2.20. The Morgan fingerprint density at radius 2 is 2.00 bits per heavy atom. The number of ketones is 1. The summed E-state index contributed by atoms with van der Waals surface area (Å²) in [6, 6.07) is 4.99. The first-order chi connectivity index (χ1) is 6.86. The van der Waals surface area contributed by atoms with E-state index in [2.05, 4.69) is 0 Å². The summed E-state index contributed by atoms with van der Waals surface area (Å²) in [5, 5.41) is 9.38. The van der Waals surface area contributed by atoms with Crippen molar-refractivity contribution in [3.63, 3.8) is 0 Å². The Bertz CT molecular complexity index is 378. The van der Waals surface area contributed by atoms with Crippen LogP contribution in [-0.2, 0) is 6.61 Å². The van der Waals surface area contributed by atoms with Crippen LogP contribution in [0.1, 0.15) is 36.7 Å². The molecule has 0 spiro atoms. The number of rotatable bonds is 2. The van der Waals surface area contributed by atoms with Crippen LogP contribution in [0.4, 0.5) is 0 Å². The fourth-order valence-corrected chi connectivity index (χ4v) is 1.49. The van der Waals surface area contributed by atoms with Gasteiger partial charge < -0.3 is 5.11 Å². The van der Waals surface area contributed by atoms with Crippen molar-refractivity contribution in [2.24, 2.45) is 5.41 Å². The highest BCUT2D eigenvalue weighted by molar-refractivity contribution is 6.31. The van der Waals surface area contributed by atoms with E-state index < -0.39 is 5.41 Å². The molecule has 0 radical (unpaired) electrons. The number of hydrogen-bond donors (Lipinski definition) is 1. The third-order valence-corrected chi connectivity index (χ3v) is 2.52. The zero-order valence-electron chi connectivity index (χ0n) is 9.17. The Morgan fingerprint density at radius 1 is 1.40 bits per heavy atom. The SMILES string of the molecule is CC(C)(C)C(=O)c1ccc(CO)c(Cl)c1. The van der Waals surface area contributed by atoms with Gasteiger partial charge in [0.1, 0.15) is 0 Å². The van der Waals surface area contributed by atoms with Gasteiger partial charge in [-0.2, -0.15) is 0 Å². The number of halogens is 1. The minimum Gasteiger partial charge on any atom is -0.392 e. The van der Waals surface area contributed by atoms with E-state index in [0.29, 0.717) is 16.1 Å². The summed E-state index contributed by atoms with van der Waals surface area (Å²) in [6.45, 7) is 5.48. The van der Waals surface area contributed by atoms with Gasteiger partial charge in [-0.15, -0.1) is 0 Å². The molecular formula is C12H15ClO2. The van der Waals surface area contributed by atoms with Gasteiger partial charge in [0.25, 0.3) is 0 Å². The molecule has 2 nitrogen and oxygen atoms in total. The van der Waals surface area contributed by atoms with Gasteiger partial charge in [-0.25, -0.2) is 0 Å². The van der Waals surface area contributed by atoms with Crippen molar-refractivity contribution in [3.05, 3.63) is 34.3 Å². The normalized spacial score (nSPS) is 11.5. The van der Waals surface area contributed by atoms with Gasteiger partial charge in [0.05, 0.1) is 6.61 Å². The van der Waals surface area contributed by atoms with Gasteiger partial charge in [-0.1, -0.05) is 44.5 Å². The molecule has 0 fully saturated rings. The van der Waals surface area contributed by atoms with Crippen molar-refractivity contribution in [3.8, 4) is 0 Å². The van der Waals surface area contributed by atoms with Gasteiger partial charge >= 0.3 is 0 Å². The third kappa shape index (κ3) is 2.80. The van der Waals surface area contributed by atoms with E-state index >= 15 is 0 Å². The highest BCUT2D eigenvalue weighted by atomic mass is 35.5. The van der Waals surface area contributed by atoms with Gasteiger partial charge in [-0.3, -0.25) is 4.79 Å². The molecule has 0 aromatic heterocycles. The predicted octanol–water partition coefficient (Wildman–Crippen LogP) is 3.06. The van der Waals surface area contributed by atoms with E-state index in [9.17, 15) is 4.79 Å². The molecule has 1 N–H and O–H groups in total. The lowest BCUT2D eigenvalue weighted by Gasteiger charge is -2.17. The summed E-state index contributed by atoms with van der Waals surface area (Å²) in [5.41, 5.74) is 0.816. The molecular weight excluding hydrogens is 212 g/mol. The van der Waals surface area contributed by atoms with Gasteiger partial charge in [0, 0.05) is 16.0 Å². The van der Waals surface area contributed by atoms with Gasteiger partial charge in [0.2, 0.25) is 0 Å². The summed E-state index contributed by atoms with van der Waals surface area (Å²) in [7, 11) is 0. The molecule has 0 unspecified atom stereocenters. The van der Waals surface area contributed by atoms with Crippen molar-refractivity contribution >= 4 is 17.4 Å². The molecule has 82 valence electrons. The summed E-state index contributed by atoms with van der Waals surface area (Å²) < 4.78 is 0. The van der Waals surface area contributed by atoms with Crippen molar-refractivity contribution < 1.29 is 9.90 Å². The fraction of sp³-hybridized carbons (Fsp3) is 0.417. The highest BCUT2D eigenvalue weighted by Gasteiger charge is 2.23. The van der Waals surface area contributed by atoms with Gasteiger partial charge in [0.15, 0.2) is 5.78 Å². The number of aliphatic hydroxyl groups is 1. The molecule has 0 atom stereocenters. The Labute approximate surface area is 94.9 Å². The second-order valence-corrected chi connectivity index (χ2v) is 4.95. The minimum absolute atomic E-state index is 0.0499. The fourth-order valence-electron chi connectivity index (χ4n) is 1.25. The topological polar surface area (TPSA) is 37.3 Å². The average Bonchev–Trinajstić information content (AvgIpc) is 2.15. The standard InChI is InChI=1S/C12H15ClO2/c1-12(2,3)11(15)8-4-5-9(7-14)10(13)6-8/h4-6,14H,7H2,1-3H3. The van der Waals surface area contributed by atoms with Crippen molar-refractivity contribution in [2.75, 3.05) is 0 Å². The molecule has 3 heteroatoms. The molecule has 1 rings (SSSR count). The largest absolute Gasteiger partial charge is 0.392 e. The maximum Gasteiger partial charge on any atom is 0.168 e. The first-order valence-corrected chi connectivity index (χ1v) is 5.18. The Balaban J connectivity index is 3.08. The number of Topliss-reactive ketones (excluding diaryl/α,β-unsaturated/α-hetero) is 1. The summed E-state index contributed by atoms with van der Waals surface area (Å²) in [4.78, 5) is 11.9. The van der Waals surface area contributed by atoms with E-state index in [0.717, 1.165) is 0 Å². The predicted molar refractivity (Wildman–Crippen MR) is 61.2 cm³/mol. The lowest BCUT2D eigenvalue weighted by atomic mass is 9.86. The zero-order chi connectivity index (χ0) is 11.6. The lowest BCUT2D eigenvalue weighted by molar-refractivity contribution is 0.0858. The number of benzene rings is 1. The van der Waals surface area contributed by atoms with Crippen LogP contribution in [0.2, 0.25) is 5.02 Å². The molecule has 0 aliphatic heterocycles. The van der Waals surface area contributed by atoms with Crippen molar-refractivity contribution in [1.29, 1.82) is 0 Å². The Kier molecular flexibility index (Phi) is 3.53. The average molecular weight is 227 g/mol. The molecule has 15 heavy (non-hydrogen) atoms. The number of aliphatic hydroxyl groups excluding tert-OH is 1. The van der Waals surface area contributed by atoms with E-state index in [1.165, 1.54) is 0 Å². The van der Waals surface area contributed by atoms with E-state index in [1.807, 2.05) is 20.8 Å². The Hall–Kier alpha value is -0.860. The number of carbonyl (C=O) groups is 1. The van der Waals surface area contributed by atoms with Crippen molar-refractivity contribution in [1.82, 2.24) is 0 Å². The smallest absolute Gasteiger partial charge is 0.168 e. The summed E-state index contributed by atoms with van der Waals surface area (Å²) in [6.07, 6.45) is 0. The second-order valence-electron chi connectivity index (χ2n) is 4.54. The molecule has 0 aliphatic rings. The number of hydrogen-bond acceptors (Lipinski definition) is 2. The first kappa shape index (κ1) is 12.2. The maximum absolute atomic E-state index is 11.9. The highest BCUT2D eigenvalue weighted by Crippen LogP contribution is 2.24. The quantitative estimate of drug-likeness (QED) is 0.787. The third-order valence-electron chi connectivity index (χ3n) is 2.17. The zero-order valence-corrected chi connectivity index (χ0v) is 9.93. The monoisotopic (exact) mass is 226 g/mol. The van der Waals surface area contributed by atoms with Crippen LogP contribution in [0.25, 0.3) is 0 Å². The van der Waals surface area contributed by atoms with Crippen molar-refractivity contribution in [2.45, 2.75) is 27.4 Å². The molecule has 0 saturated carbocycles. The summed E-state index contributed by atoms with van der Waals surface area (Å²) >= 11 is 5.91. The van der Waals surface area contributed by atoms with Crippen LogP contribution in [0.5, 0.6) is 0 Å². The minimum atomic E-state index is -0.413. The maximum atomic E-state index is 11.9. The summed E-state index contributed by atoms with van der Waals surface area (Å²) in [5.74, 6) is 0.0499. The number of carbonyl (C=O) groups excluding carboxylic acids is 1. The molecule has 0 heterocycles. The van der Waals surface area contributed by atoms with Gasteiger partial charge in [-0.05, 0) is 11.6 Å². The molecule has 0 bridgehead atoms. The molecule has 0 amide bonds. The second kappa shape index (κ2) is 4.33. The molecule has 0 aliphatic carbocycles. The Morgan fingerprint density at radius 3 is 2.40 bits per heavy atom. The molecule has 1 aromatic carbocycles. The van der Waals surface area contributed by atoms with E-state index in [1.54, 1.807) is 18.2 Å². The van der Waals surface area contributed by atoms with Crippen LogP contribution in [-0.4, -0.2) is 10.9 Å². The van der Waals surface area contributed by atoms with Crippen LogP contribution < -0.4 is 0 Å².